The predicted octanol–water partition coefficient (Wildman–Crippen LogP) is 3.25. The van der Waals surface area contributed by atoms with Gasteiger partial charge in [0.1, 0.15) is 18.2 Å². The number of rotatable bonds is 6. The third-order valence-corrected chi connectivity index (χ3v) is 3.59. The first-order valence-corrected chi connectivity index (χ1v) is 7.40. The van der Waals surface area contributed by atoms with Gasteiger partial charge < -0.3 is 15.4 Å². The van der Waals surface area contributed by atoms with Crippen LogP contribution in [0, 0.1) is 5.41 Å². The van der Waals surface area contributed by atoms with E-state index in [1.807, 2.05) is 60.5 Å². The van der Waals surface area contributed by atoms with Crippen LogP contribution in [0.2, 0.25) is 0 Å². The van der Waals surface area contributed by atoms with Crippen molar-refractivity contribution in [2.24, 2.45) is 5.73 Å². The van der Waals surface area contributed by atoms with E-state index in [9.17, 15) is 0 Å². The molecule has 3 N–H and O–H groups in total. The van der Waals surface area contributed by atoms with Crippen LogP contribution in [0.25, 0.3) is 0 Å². The molecular weight excluding hydrogens is 330 g/mol. The maximum Gasteiger partial charge on any atom is 0.124 e. The number of halogens is 1. The molecule has 2 aromatic rings. The number of hydrogen-bond acceptors (Lipinski definition) is 3. The molecular formula is C16H18BrN3O. The molecule has 4 nitrogen and oxygen atoms in total. The molecule has 0 radical (unpaired) electrons. The second-order valence-electron chi connectivity index (χ2n) is 4.66. The van der Waals surface area contributed by atoms with Gasteiger partial charge in [0.25, 0.3) is 0 Å². The van der Waals surface area contributed by atoms with Gasteiger partial charge >= 0.3 is 0 Å². The zero-order valence-corrected chi connectivity index (χ0v) is 13.4. The first-order valence-electron chi connectivity index (χ1n) is 6.61. The molecule has 0 aromatic heterocycles. The highest BCUT2D eigenvalue weighted by molar-refractivity contribution is 9.10. The van der Waals surface area contributed by atoms with Crippen molar-refractivity contribution in [1.82, 2.24) is 0 Å². The molecule has 0 unspecified atom stereocenters. The largest absolute Gasteiger partial charge is 0.492 e. The van der Waals surface area contributed by atoms with E-state index >= 15 is 0 Å². The Morgan fingerprint density at radius 3 is 2.71 bits per heavy atom. The fourth-order valence-electron chi connectivity index (χ4n) is 2.01. The van der Waals surface area contributed by atoms with Crippen molar-refractivity contribution >= 4 is 27.5 Å². The minimum atomic E-state index is 0.0744. The van der Waals surface area contributed by atoms with Crippen molar-refractivity contribution < 1.29 is 4.74 Å². The van der Waals surface area contributed by atoms with E-state index in [0.29, 0.717) is 13.2 Å². The summed E-state index contributed by atoms with van der Waals surface area (Å²) in [5, 5.41) is 7.62. The first-order chi connectivity index (χ1) is 10.1. The Labute approximate surface area is 133 Å². The monoisotopic (exact) mass is 347 g/mol. The molecule has 0 aliphatic heterocycles. The molecule has 0 aliphatic carbocycles. The minimum Gasteiger partial charge on any atom is -0.492 e. The zero-order chi connectivity index (χ0) is 15.2. The molecule has 0 bridgehead atoms. The highest BCUT2D eigenvalue weighted by Crippen LogP contribution is 2.20. The quantitative estimate of drug-likeness (QED) is 0.622. The molecule has 0 saturated heterocycles. The van der Waals surface area contributed by atoms with Crippen molar-refractivity contribution in [3.05, 3.63) is 58.6 Å². The SMILES string of the molecule is CN(CCOc1cccc(Br)c1)c1ccccc1C(=N)N. The summed E-state index contributed by atoms with van der Waals surface area (Å²) in [4.78, 5) is 2.04. The lowest BCUT2D eigenvalue weighted by molar-refractivity contribution is 0.326. The van der Waals surface area contributed by atoms with Crippen LogP contribution in [0.4, 0.5) is 5.69 Å². The Morgan fingerprint density at radius 1 is 1.24 bits per heavy atom. The van der Waals surface area contributed by atoms with Gasteiger partial charge in [-0.25, -0.2) is 0 Å². The molecule has 2 aromatic carbocycles. The minimum absolute atomic E-state index is 0.0744. The van der Waals surface area contributed by atoms with Crippen LogP contribution in [0.1, 0.15) is 5.56 Å². The number of nitrogens with one attached hydrogen (secondary N) is 1. The number of likely N-dealkylation sites (N-methyl/N-ethyl adjacent to an activating group) is 1. The van der Waals surface area contributed by atoms with Crippen molar-refractivity contribution in [1.29, 1.82) is 5.41 Å². The smallest absolute Gasteiger partial charge is 0.124 e. The van der Waals surface area contributed by atoms with E-state index in [0.717, 1.165) is 21.5 Å². The van der Waals surface area contributed by atoms with Crippen LogP contribution < -0.4 is 15.4 Å². The van der Waals surface area contributed by atoms with E-state index in [1.54, 1.807) is 0 Å². The van der Waals surface area contributed by atoms with E-state index in [2.05, 4.69) is 15.9 Å². The van der Waals surface area contributed by atoms with Crippen LogP contribution in [-0.4, -0.2) is 26.0 Å². The lowest BCUT2D eigenvalue weighted by Crippen LogP contribution is -2.26. The van der Waals surface area contributed by atoms with Crippen LogP contribution in [0.15, 0.2) is 53.0 Å². The summed E-state index contributed by atoms with van der Waals surface area (Å²) >= 11 is 3.42. The summed E-state index contributed by atoms with van der Waals surface area (Å²) in [7, 11) is 1.96. The van der Waals surface area contributed by atoms with Gasteiger partial charge in [0.15, 0.2) is 0 Å². The average molecular weight is 348 g/mol. The van der Waals surface area contributed by atoms with Crippen molar-refractivity contribution in [2.45, 2.75) is 0 Å². The van der Waals surface area contributed by atoms with Gasteiger partial charge in [-0.15, -0.1) is 0 Å². The molecule has 0 aliphatic rings. The lowest BCUT2D eigenvalue weighted by atomic mass is 10.1. The molecule has 2 rings (SSSR count). The number of nitrogens with two attached hydrogens (primary N) is 1. The Balaban J connectivity index is 1.96. The third kappa shape index (κ3) is 4.23. The Bertz CT molecular complexity index is 630. The van der Waals surface area contributed by atoms with Gasteiger partial charge in [-0.3, -0.25) is 5.41 Å². The molecule has 0 fully saturated rings. The molecule has 0 amide bonds. The predicted molar refractivity (Wildman–Crippen MR) is 90.4 cm³/mol. The van der Waals surface area contributed by atoms with Gasteiger partial charge in [0.2, 0.25) is 0 Å². The molecule has 0 saturated carbocycles. The second kappa shape index (κ2) is 7.13. The molecule has 0 heterocycles. The van der Waals surface area contributed by atoms with Crippen LogP contribution in [-0.2, 0) is 0 Å². The molecule has 0 atom stereocenters. The highest BCUT2D eigenvalue weighted by Gasteiger charge is 2.08. The van der Waals surface area contributed by atoms with Crippen molar-refractivity contribution in [2.75, 3.05) is 25.1 Å². The fourth-order valence-corrected chi connectivity index (χ4v) is 2.39. The zero-order valence-electron chi connectivity index (χ0n) is 11.8. The Morgan fingerprint density at radius 2 is 2.00 bits per heavy atom. The van der Waals surface area contributed by atoms with E-state index in [1.165, 1.54) is 0 Å². The van der Waals surface area contributed by atoms with E-state index in [4.69, 9.17) is 15.9 Å². The normalized spacial score (nSPS) is 10.2. The Kier molecular flexibility index (Phi) is 5.22. The highest BCUT2D eigenvalue weighted by atomic mass is 79.9. The number of benzene rings is 2. The number of anilines is 1. The third-order valence-electron chi connectivity index (χ3n) is 3.10. The van der Waals surface area contributed by atoms with E-state index < -0.39 is 0 Å². The summed E-state index contributed by atoms with van der Waals surface area (Å²) in [6, 6.07) is 15.4. The van der Waals surface area contributed by atoms with Gasteiger partial charge in [-0.2, -0.15) is 0 Å². The second-order valence-corrected chi connectivity index (χ2v) is 5.57. The molecule has 0 spiro atoms. The number of ether oxygens (including phenoxy) is 1. The van der Waals surface area contributed by atoms with Crippen molar-refractivity contribution in [3.8, 4) is 5.75 Å². The van der Waals surface area contributed by atoms with Gasteiger partial charge in [-0.05, 0) is 30.3 Å². The first kappa shape index (κ1) is 15.4. The van der Waals surface area contributed by atoms with Crippen LogP contribution in [0.5, 0.6) is 5.75 Å². The number of nitrogens with zero attached hydrogens (tertiary/aromatic N) is 1. The number of nitrogen functional groups attached to an aromatic ring is 1. The van der Waals surface area contributed by atoms with Gasteiger partial charge in [0, 0.05) is 22.8 Å². The maximum atomic E-state index is 7.62. The summed E-state index contributed by atoms with van der Waals surface area (Å²) < 4.78 is 6.72. The Hall–Kier alpha value is -2.01. The summed E-state index contributed by atoms with van der Waals surface area (Å²) in [5.74, 6) is 0.906. The molecule has 5 heteroatoms. The summed E-state index contributed by atoms with van der Waals surface area (Å²) in [5.41, 5.74) is 7.28. The topological polar surface area (TPSA) is 62.3 Å². The lowest BCUT2D eigenvalue weighted by Gasteiger charge is -2.22. The summed E-state index contributed by atoms with van der Waals surface area (Å²) in [6.07, 6.45) is 0. The molecule has 110 valence electrons. The van der Waals surface area contributed by atoms with Crippen LogP contribution >= 0.6 is 15.9 Å². The fraction of sp³-hybridized carbons (Fsp3) is 0.188. The summed E-state index contributed by atoms with van der Waals surface area (Å²) in [6.45, 7) is 1.26. The average Bonchev–Trinajstić information content (AvgIpc) is 2.47. The standard InChI is InChI=1S/C16H18BrN3O/c1-20(15-8-3-2-7-14(15)16(18)19)9-10-21-13-6-4-5-12(17)11-13/h2-8,11H,9-10H2,1H3,(H3,18,19). The number of para-hydroxylation sites is 1. The van der Waals surface area contributed by atoms with Crippen molar-refractivity contribution in [3.63, 3.8) is 0 Å². The number of amidine groups is 1. The van der Waals surface area contributed by atoms with E-state index in [-0.39, 0.29) is 5.84 Å². The van der Waals surface area contributed by atoms with Gasteiger partial charge in [-0.1, -0.05) is 34.1 Å². The maximum absolute atomic E-state index is 7.62. The number of hydrogen-bond donors (Lipinski definition) is 2. The van der Waals surface area contributed by atoms with Gasteiger partial charge in [0.05, 0.1) is 6.54 Å². The van der Waals surface area contributed by atoms with Crippen LogP contribution in [0.3, 0.4) is 0 Å². The molecule has 21 heavy (non-hydrogen) atoms.